The van der Waals surface area contributed by atoms with E-state index in [1.165, 1.54) is 6.42 Å². The molecule has 1 saturated carbocycles. The van der Waals surface area contributed by atoms with Gasteiger partial charge >= 0.3 is 0 Å². The lowest BCUT2D eigenvalue weighted by Gasteiger charge is -2.29. The van der Waals surface area contributed by atoms with Crippen molar-refractivity contribution in [1.82, 2.24) is 15.1 Å². The molecule has 0 unspecified atom stereocenters. The lowest BCUT2D eigenvalue weighted by Crippen LogP contribution is -2.38. The fourth-order valence-corrected chi connectivity index (χ4v) is 2.90. The van der Waals surface area contributed by atoms with Crippen molar-refractivity contribution in [3.63, 3.8) is 0 Å². The van der Waals surface area contributed by atoms with Gasteiger partial charge < -0.3 is 10.3 Å². The standard InChI is InChI=1S/C13H15BrN4O/c14-9-5-4-8-16-10(9)11-17-12(19-18-11)13(15)6-2-1-3-7-13/h4-5,8H,1-3,6-7,15H2. The topological polar surface area (TPSA) is 77.8 Å². The molecule has 1 aliphatic rings. The van der Waals surface area contributed by atoms with Gasteiger partial charge in [0.05, 0.1) is 5.54 Å². The Morgan fingerprint density at radius 2 is 2.05 bits per heavy atom. The van der Waals surface area contributed by atoms with Gasteiger partial charge in [0.2, 0.25) is 11.7 Å². The summed E-state index contributed by atoms with van der Waals surface area (Å²) < 4.78 is 6.21. The molecule has 0 atom stereocenters. The van der Waals surface area contributed by atoms with Crippen molar-refractivity contribution >= 4 is 15.9 Å². The predicted molar refractivity (Wildman–Crippen MR) is 74.2 cm³/mol. The maximum atomic E-state index is 6.38. The third kappa shape index (κ3) is 2.42. The Labute approximate surface area is 119 Å². The third-order valence-corrected chi connectivity index (χ3v) is 4.21. The summed E-state index contributed by atoms with van der Waals surface area (Å²) in [7, 11) is 0. The number of hydrogen-bond acceptors (Lipinski definition) is 5. The number of pyridine rings is 1. The molecule has 5 nitrogen and oxygen atoms in total. The molecule has 0 bridgehead atoms. The van der Waals surface area contributed by atoms with Gasteiger partial charge in [-0.3, -0.25) is 4.98 Å². The Morgan fingerprint density at radius 1 is 1.26 bits per heavy atom. The van der Waals surface area contributed by atoms with E-state index >= 15 is 0 Å². The zero-order chi connectivity index (χ0) is 13.3. The van der Waals surface area contributed by atoms with E-state index in [1.807, 2.05) is 12.1 Å². The average molecular weight is 323 g/mol. The number of nitrogens with two attached hydrogens (primary N) is 1. The summed E-state index contributed by atoms with van der Waals surface area (Å²) in [6.07, 6.45) is 6.96. The van der Waals surface area contributed by atoms with Crippen LogP contribution in [0.3, 0.4) is 0 Å². The van der Waals surface area contributed by atoms with Gasteiger partial charge in [0.1, 0.15) is 5.69 Å². The summed E-state index contributed by atoms with van der Waals surface area (Å²) in [6.45, 7) is 0. The van der Waals surface area contributed by atoms with Gasteiger partial charge in [-0.15, -0.1) is 0 Å². The first-order valence-corrected chi connectivity index (χ1v) is 7.22. The Balaban J connectivity index is 1.93. The maximum Gasteiger partial charge on any atom is 0.247 e. The highest BCUT2D eigenvalue weighted by Crippen LogP contribution is 2.35. The Morgan fingerprint density at radius 3 is 2.79 bits per heavy atom. The number of nitrogens with zero attached hydrogens (tertiary/aromatic N) is 3. The summed E-state index contributed by atoms with van der Waals surface area (Å²) in [6, 6.07) is 3.75. The van der Waals surface area contributed by atoms with Crippen LogP contribution in [0.15, 0.2) is 27.3 Å². The van der Waals surface area contributed by atoms with Crippen LogP contribution in [0, 0.1) is 0 Å². The van der Waals surface area contributed by atoms with Gasteiger partial charge in [-0.05, 0) is 40.9 Å². The minimum atomic E-state index is -0.468. The molecule has 0 aromatic carbocycles. The van der Waals surface area contributed by atoms with Crippen molar-refractivity contribution in [3.8, 4) is 11.5 Å². The molecule has 19 heavy (non-hydrogen) atoms. The van der Waals surface area contributed by atoms with Crippen molar-refractivity contribution < 1.29 is 4.52 Å². The molecule has 100 valence electrons. The van der Waals surface area contributed by atoms with Crippen molar-refractivity contribution in [1.29, 1.82) is 0 Å². The number of halogens is 1. The largest absolute Gasteiger partial charge is 0.337 e. The summed E-state index contributed by atoms with van der Waals surface area (Å²) in [5, 5.41) is 4.01. The lowest BCUT2D eigenvalue weighted by atomic mass is 9.82. The van der Waals surface area contributed by atoms with Crippen LogP contribution in [0.25, 0.3) is 11.5 Å². The van der Waals surface area contributed by atoms with Crippen molar-refractivity contribution in [3.05, 3.63) is 28.7 Å². The smallest absolute Gasteiger partial charge is 0.247 e. The van der Waals surface area contributed by atoms with Crippen LogP contribution in [0.2, 0.25) is 0 Å². The van der Waals surface area contributed by atoms with E-state index in [1.54, 1.807) is 6.20 Å². The molecule has 2 aromatic rings. The zero-order valence-corrected chi connectivity index (χ0v) is 12.1. The summed E-state index contributed by atoms with van der Waals surface area (Å²) >= 11 is 3.44. The highest BCUT2D eigenvalue weighted by atomic mass is 79.9. The van der Waals surface area contributed by atoms with E-state index in [0.29, 0.717) is 17.4 Å². The Kier molecular flexibility index (Phi) is 3.36. The quantitative estimate of drug-likeness (QED) is 0.919. The van der Waals surface area contributed by atoms with Crippen LogP contribution in [0.5, 0.6) is 0 Å². The second-order valence-corrected chi connectivity index (χ2v) is 5.83. The van der Waals surface area contributed by atoms with Gasteiger partial charge in [0.25, 0.3) is 0 Å². The van der Waals surface area contributed by atoms with Crippen molar-refractivity contribution in [2.75, 3.05) is 0 Å². The van der Waals surface area contributed by atoms with Gasteiger partial charge in [0, 0.05) is 10.7 Å². The molecular weight excluding hydrogens is 308 g/mol. The van der Waals surface area contributed by atoms with E-state index in [-0.39, 0.29) is 0 Å². The molecule has 1 aliphatic carbocycles. The summed E-state index contributed by atoms with van der Waals surface area (Å²) in [5.41, 5.74) is 6.59. The SMILES string of the molecule is NC1(c2nc(-c3ncccc3Br)no2)CCCCC1. The minimum Gasteiger partial charge on any atom is -0.337 e. The van der Waals surface area contributed by atoms with Crippen LogP contribution in [0.1, 0.15) is 38.0 Å². The van der Waals surface area contributed by atoms with Gasteiger partial charge in [-0.25, -0.2) is 0 Å². The summed E-state index contributed by atoms with van der Waals surface area (Å²) in [4.78, 5) is 8.70. The first-order valence-electron chi connectivity index (χ1n) is 6.43. The second kappa shape index (κ2) is 5.02. The van der Waals surface area contributed by atoms with Gasteiger partial charge in [0.15, 0.2) is 0 Å². The van der Waals surface area contributed by atoms with Crippen LogP contribution in [0.4, 0.5) is 0 Å². The molecular formula is C13H15BrN4O. The normalized spacial score (nSPS) is 18.4. The van der Waals surface area contributed by atoms with Crippen LogP contribution >= 0.6 is 15.9 Å². The fourth-order valence-electron chi connectivity index (χ4n) is 2.47. The minimum absolute atomic E-state index is 0.468. The van der Waals surface area contributed by atoms with E-state index in [4.69, 9.17) is 10.3 Å². The highest BCUT2D eigenvalue weighted by molar-refractivity contribution is 9.10. The first-order chi connectivity index (χ1) is 9.19. The van der Waals surface area contributed by atoms with Crippen molar-refractivity contribution in [2.24, 2.45) is 5.73 Å². The monoisotopic (exact) mass is 322 g/mol. The van der Waals surface area contributed by atoms with Gasteiger partial charge in [-0.1, -0.05) is 24.4 Å². The average Bonchev–Trinajstić information content (AvgIpc) is 2.90. The second-order valence-electron chi connectivity index (χ2n) is 4.97. The Hall–Kier alpha value is -1.27. The number of hydrogen-bond donors (Lipinski definition) is 1. The molecule has 0 amide bonds. The molecule has 2 N–H and O–H groups in total. The molecule has 0 saturated heterocycles. The van der Waals surface area contributed by atoms with E-state index in [9.17, 15) is 0 Å². The maximum absolute atomic E-state index is 6.38. The molecule has 6 heteroatoms. The molecule has 3 rings (SSSR count). The fraction of sp³-hybridized carbons (Fsp3) is 0.462. The first kappa shape index (κ1) is 12.7. The summed E-state index contributed by atoms with van der Waals surface area (Å²) in [5.74, 6) is 1.01. The lowest BCUT2D eigenvalue weighted by molar-refractivity contribution is 0.220. The van der Waals surface area contributed by atoms with Crippen LogP contribution in [-0.2, 0) is 5.54 Å². The molecule has 0 spiro atoms. The van der Waals surface area contributed by atoms with Crippen LogP contribution < -0.4 is 5.73 Å². The van der Waals surface area contributed by atoms with E-state index in [0.717, 1.165) is 30.2 Å². The van der Waals surface area contributed by atoms with Crippen LogP contribution in [-0.4, -0.2) is 15.1 Å². The van der Waals surface area contributed by atoms with E-state index < -0.39 is 5.54 Å². The number of rotatable bonds is 2. The third-order valence-electron chi connectivity index (χ3n) is 3.57. The molecule has 2 heterocycles. The molecule has 0 radical (unpaired) electrons. The Bertz CT molecular complexity index is 578. The molecule has 2 aromatic heterocycles. The predicted octanol–water partition coefficient (Wildman–Crippen LogP) is 3.01. The van der Waals surface area contributed by atoms with E-state index in [2.05, 4.69) is 31.1 Å². The highest BCUT2D eigenvalue weighted by Gasteiger charge is 2.35. The molecule has 0 aliphatic heterocycles. The number of aromatic nitrogens is 3. The van der Waals surface area contributed by atoms with Gasteiger partial charge in [-0.2, -0.15) is 4.98 Å². The zero-order valence-electron chi connectivity index (χ0n) is 10.5. The molecule has 1 fully saturated rings. The van der Waals surface area contributed by atoms with Crippen molar-refractivity contribution in [2.45, 2.75) is 37.6 Å².